The molecule has 0 aliphatic heterocycles. The summed E-state index contributed by atoms with van der Waals surface area (Å²) in [5.74, 6) is 0.855. The highest BCUT2D eigenvalue weighted by molar-refractivity contribution is 4.77. The lowest BCUT2D eigenvalue weighted by atomic mass is 9.86. The molecule has 1 N–H and O–H groups in total. The summed E-state index contributed by atoms with van der Waals surface area (Å²) >= 11 is 0. The highest BCUT2D eigenvalue weighted by Crippen LogP contribution is 2.23. The summed E-state index contributed by atoms with van der Waals surface area (Å²) in [5, 5.41) is 3.64. The van der Waals surface area contributed by atoms with Gasteiger partial charge in [0.25, 0.3) is 0 Å². The zero-order chi connectivity index (χ0) is 11.6. The fourth-order valence-electron chi connectivity index (χ4n) is 2.49. The second-order valence-electron chi connectivity index (χ2n) is 5.14. The number of ether oxygens (including phenoxy) is 1. The van der Waals surface area contributed by atoms with Gasteiger partial charge in [-0.05, 0) is 25.2 Å². The van der Waals surface area contributed by atoms with Crippen molar-refractivity contribution < 1.29 is 4.74 Å². The maximum Gasteiger partial charge on any atom is 0.0591 e. The van der Waals surface area contributed by atoms with Crippen LogP contribution in [0, 0.1) is 5.92 Å². The van der Waals surface area contributed by atoms with E-state index in [-0.39, 0.29) is 0 Å². The van der Waals surface area contributed by atoms with Crippen molar-refractivity contribution in [3.05, 3.63) is 0 Å². The first-order chi connectivity index (χ1) is 7.84. The van der Waals surface area contributed by atoms with Gasteiger partial charge < -0.3 is 10.1 Å². The van der Waals surface area contributed by atoms with Crippen LogP contribution < -0.4 is 5.32 Å². The molecule has 16 heavy (non-hydrogen) atoms. The summed E-state index contributed by atoms with van der Waals surface area (Å²) in [6.07, 6.45) is 9.38. The molecule has 2 heteroatoms. The van der Waals surface area contributed by atoms with E-state index >= 15 is 0 Å². The van der Waals surface area contributed by atoms with Gasteiger partial charge in [-0.15, -0.1) is 0 Å². The molecular formula is C14H29NO. The van der Waals surface area contributed by atoms with Crippen LogP contribution in [0.1, 0.15) is 58.8 Å². The maximum atomic E-state index is 5.60. The van der Waals surface area contributed by atoms with E-state index in [1.807, 2.05) is 0 Å². The molecule has 96 valence electrons. The predicted molar refractivity (Wildman–Crippen MR) is 69.8 cm³/mol. The molecular weight excluding hydrogens is 198 g/mol. The van der Waals surface area contributed by atoms with Crippen LogP contribution in [0.25, 0.3) is 0 Å². The third kappa shape index (κ3) is 5.86. The number of unbranched alkanes of at least 4 members (excludes halogenated alkanes) is 2. The van der Waals surface area contributed by atoms with Crippen LogP contribution in [0.4, 0.5) is 0 Å². The van der Waals surface area contributed by atoms with Crippen LogP contribution in [-0.4, -0.2) is 25.8 Å². The summed E-state index contributed by atoms with van der Waals surface area (Å²) in [4.78, 5) is 0. The average Bonchev–Trinajstić information content (AvgIpc) is 2.30. The number of nitrogens with one attached hydrogen (secondary N) is 1. The predicted octanol–water partition coefficient (Wildman–Crippen LogP) is 3.36. The first-order valence-electron chi connectivity index (χ1n) is 7.15. The lowest BCUT2D eigenvalue weighted by molar-refractivity contribution is 0.125. The van der Waals surface area contributed by atoms with Crippen molar-refractivity contribution in [1.82, 2.24) is 5.32 Å². The van der Waals surface area contributed by atoms with E-state index in [0.717, 1.165) is 31.7 Å². The van der Waals surface area contributed by atoms with E-state index in [1.54, 1.807) is 0 Å². The Morgan fingerprint density at radius 3 is 2.69 bits per heavy atom. The van der Waals surface area contributed by atoms with Gasteiger partial charge in [-0.25, -0.2) is 0 Å². The molecule has 1 aliphatic carbocycles. The zero-order valence-electron chi connectivity index (χ0n) is 11.1. The van der Waals surface area contributed by atoms with Gasteiger partial charge >= 0.3 is 0 Å². The van der Waals surface area contributed by atoms with E-state index in [4.69, 9.17) is 4.74 Å². The maximum absolute atomic E-state index is 5.60. The standard InChI is InChI=1S/C14H29NO/c1-3-4-7-11-16-12-10-15-14-9-6-5-8-13(14)2/h13-15H,3-12H2,1-2H3. The molecule has 0 aromatic carbocycles. The Balaban J connectivity index is 1.90. The summed E-state index contributed by atoms with van der Waals surface area (Å²) in [6.45, 7) is 7.45. The molecule has 0 heterocycles. The van der Waals surface area contributed by atoms with E-state index < -0.39 is 0 Å². The monoisotopic (exact) mass is 227 g/mol. The third-order valence-corrected chi connectivity index (χ3v) is 3.66. The van der Waals surface area contributed by atoms with Crippen molar-refractivity contribution in [3.63, 3.8) is 0 Å². The fraction of sp³-hybridized carbons (Fsp3) is 1.00. The molecule has 0 radical (unpaired) electrons. The molecule has 0 amide bonds. The van der Waals surface area contributed by atoms with Gasteiger partial charge in [0.1, 0.15) is 0 Å². The first-order valence-corrected chi connectivity index (χ1v) is 7.15. The van der Waals surface area contributed by atoms with Crippen molar-refractivity contribution in [2.75, 3.05) is 19.8 Å². The fourth-order valence-corrected chi connectivity index (χ4v) is 2.49. The summed E-state index contributed by atoms with van der Waals surface area (Å²) in [7, 11) is 0. The van der Waals surface area contributed by atoms with E-state index in [2.05, 4.69) is 19.2 Å². The Labute approximate surface area is 101 Å². The van der Waals surface area contributed by atoms with Gasteiger partial charge in [-0.2, -0.15) is 0 Å². The second-order valence-corrected chi connectivity index (χ2v) is 5.14. The quantitative estimate of drug-likeness (QED) is 0.642. The highest BCUT2D eigenvalue weighted by atomic mass is 16.5. The van der Waals surface area contributed by atoms with E-state index in [1.165, 1.54) is 44.9 Å². The van der Waals surface area contributed by atoms with Gasteiger partial charge in [0, 0.05) is 19.2 Å². The molecule has 1 saturated carbocycles. The van der Waals surface area contributed by atoms with Crippen molar-refractivity contribution >= 4 is 0 Å². The molecule has 0 aromatic heterocycles. The summed E-state index contributed by atoms with van der Waals surface area (Å²) in [6, 6.07) is 0.744. The summed E-state index contributed by atoms with van der Waals surface area (Å²) in [5.41, 5.74) is 0. The van der Waals surface area contributed by atoms with Crippen LogP contribution in [-0.2, 0) is 4.74 Å². The lowest BCUT2D eigenvalue weighted by Gasteiger charge is -2.29. The Kier molecular flexibility index (Phi) is 7.87. The molecule has 2 atom stereocenters. The van der Waals surface area contributed by atoms with Gasteiger partial charge in [-0.1, -0.05) is 39.5 Å². The largest absolute Gasteiger partial charge is 0.380 e. The van der Waals surface area contributed by atoms with Crippen LogP contribution in [0.2, 0.25) is 0 Å². The Hall–Kier alpha value is -0.0800. The first kappa shape index (κ1) is 14.0. The Morgan fingerprint density at radius 2 is 1.94 bits per heavy atom. The minimum absolute atomic E-state index is 0.744. The Bertz CT molecular complexity index is 161. The SMILES string of the molecule is CCCCCOCCNC1CCCCC1C. The van der Waals surface area contributed by atoms with Crippen molar-refractivity contribution in [2.24, 2.45) is 5.92 Å². The molecule has 2 nitrogen and oxygen atoms in total. The van der Waals surface area contributed by atoms with E-state index in [0.29, 0.717) is 0 Å². The van der Waals surface area contributed by atoms with Crippen LogP contribution in [0.3, 0.4) is 0 Å². The molecule has 1 rings (SSSR count). The van der Waals surface area contributed by atoms with Gasteiger partial charge in [0.15, 0.2) is 0 Å². The van der Waals surface area contributed by atoms with Gasteiger partial charge in [0.2, 0.25) is 0 Å². The molecule has 1 fully saturated rings. The van der Waals surface area contributed by atoms with Crippen LogP contribution >= 0.6 is 0 Å². The zero-order valence-corrected chi connectivity index (χ0v) is 11.1. The molecule has 0 saturated heterocycles. The van der Waals surface area contributed by atoms with E-state index in [9.17, 15) is 0 Å². The number of hydrogen-bond acceptors (Lipinski definition) is 2. The topological polar surface area (TPSA) is 21.3 Å². The van der Waals surface area contributed by atoms with Crippen LogP contribution in [0.15, 0.2) is 0 Å². The Morgan fingerprint density at radius 1 is 1.12 bits per heavy atom. The third-order valence-electron chi connectivity index (χ3n) is 3.66. The average molecular weight is 227 g/mol. The van der Waals surface area contributed by atoms with Crippen LogP contribution in [0.5, 0.6) is 0 Å². The van der Waals surface area contributed by atoms with Crippen molar-refractivity contribution in [1.29, 1.82) is 0 Å². The minimum atomic E-state index is 0.744. The molecule has 0 aromatic rings. The highest BCUT2D eigenvalue weighted by Gasteiger charge is 2.19. The van der Waals surface area contributed by atoms with Crippen molar-refractivity contribution in [3.8, 4) is 0 Å². The summed E-state index contributed by atoms with van der Waals surface area (Å²) < 4.78 is 5.60. The molecule has 1 aliphatic rings. The van der Waals surface area contributed by atoms with Gasteiger partial charge in [-0.3, -0.25) is 0 Å². The number of rotatable bonds is 8. The molecule has 0 bridgehead atoms. The van der Waals surface area contributed by atoms with Crippen molar-refractivity contribution in [2.45, 2.75) is 64.8 Å². The molecule has 2 unspecified atom stereocenters. The minimum Gasteiger partial charge on any atom is -0.380 e. The lowest BCUT2D eigenvalue weighted by Crippen LogP contribution is -2.38. The normalized spacial score (nSPS) is 25.9. The van der Waals surface area contributed by atoms with Gasteiger partial charge in [0.05, 0.1) is 6.61 Å². The second kappa shape index (κ2) is 9.00. The number of hydrogen-bond donors (Lipinski definition) is 1. The smallest absolute Gasteiger partial charge is 0.0591 e. The molecule has 0 spiro atoms.